The minimum absolute atomic E-state index is 0.538. The quantitative estimate of drug-likeness (QED) is 0.190. The molecule has 0 saturated heterocycles. The summed E-state index contributed by atoms with van der Waals surface area (Å²) >= 11 is 0. The first-order chi connectivity index (χ1) is 25.3. The molecule has 11 rings (SSSR count). The predicted molar refractivity (Wildman–Crippen MR) is 207 cm³/mol. The summed E-state index contributed by atoms with van der Waals surface area (Å²) in [5.41, 5.74) is 8.78. The Kier molecular flexibility index (Phi) is 5.86. The van der Waals surface area contributed by atoms with Gasteiger partial charge in [-0.1, -0.05) is 127 Å². The van der Waals surface area contributed by atoms with Crippen LogP contribution >= 0.6 is 0 Å². The summed E-state index contributed by atoms with van der Waals surface area (Å²) < 4.78 is 11.3. The van der Waals surface area contributed by atoms with Gasteiger partial charge in [0.05, 0.1) is 27.5 Å². The largest absolute Gasteiger partial charge is 0.455 e. The third-order valence-corrected chi connectivity index (χ3v) is 9.97. The first kappa shape index (κ1) is 27.9. The Morgan fingerprint density at radius 1 is 0.392 bits per heavy atom. The molecule has 7 aromatic carbocycles. The van der Waals surface area contributed by atoms with Gasteiger partial charge in [-0.05, 0) is 36.4 Å². The van der Waals surface area contributed by atoms with Crippen molar-refractivity contribution in [3.05, 3.63) is 164 Å². The molecule has 0 N–H and O–H groups in total. The van der Waals surface area contributed by atoms with Crippen molar-refractivity contribution in [3.8, 4) is 34.4 Å². The van der Waals surface area contributed by atoms with E-state index in [1.165, 1.54) is 5.39 Å². The Bertz CT molecular complexity index is 3060. The zero-order chi connectivity index (χ0) is 33.5. The predicted octanol–water partition coefficient (Wildman–Crippen LogP) is 11.3. The second kappa shape index (κ2) is 10.7. The van der Waals surface area contributed by atoms with Gasteiger partial charge in [-0.2, -0.15) is 9.97 Å². The van der Waals surface area contributed by atoms with Gasteiger partial charge in [-0.25, -0.2) is 4.98 Å². The smallest absolute Gasteiger partial charge is 0.238 e. The van der Waals surface area contributed by atoms with E-state index in [1.54, 1.807) is 0 Å². The van der Waals surface area contributed by atoms with Crippen molar-refractivity contribution in [1.82, 2.24) is 24.1 Å². The molecule has 0 radical (unpaired) electrons. The van der Waals surface area contributed by atoms with Gasteiger partial charge in [-0.3, -0.25) is 4.57 Å². The highest BCUT2D eigenvalue weighted by molar-refractivity contribution is 6.29. The summed E-state index contributed by atoms with van der Waals surface area (Å²) in [5.74, 6) is 1.75. The number of hydrogen-bond donors (Lipinski definition) is 0. The van der Waals surface area contributed by atoms with Gasteiger partial charge in [0.1, 0.15) is 11.2 Å². The zero-order valence-electron chi connectivity index (χ0n) is 27.2. The maximum Gasteiger partial charge on any atom is 0.238 e. The third kappa shape index (κ3) is 4.07. The van der Waals surface area contributed by atoms with Crippen molar-refractivity contribution >= 4 is 65.6 Å². The number of furan rings is 1. The maximum absolute atomic E-state index is 6.72. The molecule has 238 valence electrons. The molecule has 0 amide bonds. The number of aromatic nitrogens is 5. The van der Waals surface area contributed by atoms with Crippen LogP contribution in [0.15, 0.2) is 168 Å². The molecular weight excluding hydrogens is 627 g/mol. The minimum atomic E-state index is 0.538. The molecule has 51 heavy (non-hydrogen) atoms. The van der Waals surface area contributed by atoms with E-state index < -0.39 is 0 Å². The summed E-state index contributed by atoms with van der Waals surface area (Å²) in [6.07, 6.45) is 0. The average molecular weight is 654 g/mol. The number of para-hydroxylation sites is 3. The molecule has 11 aromatic rings. The lowest BCUT2D eigenvalue weighted by Crippen LogP contribution is -2.07. The summed E-state index contributed by atoms with van der Waals surface area (Å²) in [7, 11) is 0. The van der Waals surface area contributed by atoms with Crippen LogP contribution in [0.5, 0.6) is 0 Å². The Hall–Kier alpha value is -7.05. The molecule has 4 heterocycles. The highest BCUT2D eigenvalue weighted by atomic mass is 16.3. The Morgan fingerprint density at radius 2 is 0.961 bits per heavy atom. The van der Waals surface area contributed by atoms with Crippen molar-refractivity contribution in [3.63, 3.8) is 0 Å². The normalized spacial score (nSPS) is 11.9. The highest BCUT2D eigenvalue weighted by Gasteiger charge is 2.25. The summed E-state index contributed by atoms with van der Waals surface area (Å²) in [4.78, 5) is 15.5. The van der Waals surface area contributed by atoms with Crippen molar-refractivity contribution in [1.29, 1.82) is 0 Å². The fourth-order valence-corrected chi connectivity index (χ4v) is 7.76. The number of nitrogens with zero attached hydrogens (tertiary/aromatic N) is 5. The number of benzene rings is 7. The van der Waals surface area contributed by atoms with Crippen LogP contribution in [0.4, 0.5) is 0 Å². The first-order valence-electron chi connectivity index (χ1n) is 17.0. The number of hydrogen-bond acceptors (Lipinski definition) is 4. The molecule has 4 aromatic heterocycles. The van der Waals surface area contributed by atoms with Crippen LogP contribution in [0.2, 0.25) is 0 Å². The lowest BCUT2D eigenvalue weighted by molar-refractivity contribution is 0.673. The van der Waals surface area contributed by atoms with Gasteiger partial charge in [0.15, 0.2) is 11.6 Å². The van der Waals surface area contributed by atoms with Crippen LogP contribution in [0.25, 0.3) is 100.0 Å². The van der Waals surface area contributed by atoms with E-state index in [4.69, 9.17) is 19.4 Å². The van der Waals surface area contributed by atoms with E-state index in [0.717, 1.165) is 77.0 Å². The molecule has 0 unspecified atom stereocenters. The molecule has 0 spiro atoms. The third-order valence-electron chi connectivity index (χ3n) is 9.97. The molecule has 0 aliphatic heterocycles. The fourth-order valence-electron chi connectivity index (χ4n) is 7.76. The second-order valence-corrected chi connectivity index (χ2v) is 12.8. The number of fused-ring (bicyclic) bond motifs is 11. The van der Waals surface area contributed by atoms with Crippen molar-refractivity contribution in [2.45, 2.75) is 0 Å². The van der Waals surface area contributed by atoms with E-state index in [-0.39, 0.29) is 0 Å². The Balaban J connectivity index is 1.37. The van der Waals surface area contributed by atoms with Crippen molar-refractivity contribution in [2.75, 3.05) is 0 Å². The monoisotopic (exact) mass is 653 g/mol. The van der Waals surface area contributed by atoms with Gasteiger partial charge in [0.25, 0.3) is 0 Å². The fraction of sp³-hybridized carbons (Fsp3) is 0. The highest BCUT2D eigenvalue weighted by Crippen LogP contribution is 2.45. The lowest BCUT2D eigenvalue weighted by atomic mass is 10.1. The van der Waals surface area contributed by atoms with Crippen LogP contribution in [-0.2, 0) is 0 Å². The molecule has 6 heteroatoms. The van der Waals surface area contributed by atoms with Gasteiger partial charge in [0.2, 0.25) is 5.95 Å². The average Bonchev–Trinajstić information content (AvgIpc) is 3.86. The van der Waals surface area contributed by atoms with Gasteiger partial charge < -0.3 is 8.98 Å². The standard InChI is InChI=1S/C45H27N5O/c1-4-14-28(15-5-1)43-46-44(29-16-6-2-7-17-29)48-45(47-43)50-37-27-26-34-32-21-11-13-23-38(32)51-42(34)39(37)35-25-24-33-31-20-10-12-22-36(31)49(40(33)41(35)50)30-18-8-3-9-19-30/h1-27H. The van der Waals surface area contributed by atoms with Gasteiger partial charge in [-0.15, -0.1) is 0 Å². The second-order valence-electron chi connectivity index (χ2n) is 12.8. The topological polar surface area (TPSA) is 61.7 Å². The molecule has 0 fully saturated rings. The van der Waals surface area contributed by atoms with Crippen LogP contribution < -0.4 is 0 Å². The maximum atomic E-state index is 6.72. The van der Waals surface area contributed by atoms with Crippen molar-refractivity contribution in [2.24, 2.45) is 0 Å². The molecule has 0 bridgehead atoms. The van der Waals surface area contributed by atoms with Gasteiger partial charge in [0, 0.05) is 43.7 Å². The molecule has 0 saturated carbocycles. The minimum Gasteiger partial charge on any atom is -0.455 e. The molecule has 0 aliphatic rings. The molecule has 0 aliphatic carbocycles. The van der Waals surface area contributed by atoms with Gasteiger partial charge >= 0.3 is 0 Å². The van der Waals surface area contributed by atoms with E-state index in [2.05, 4.69) is 100 Å². The Morgan fingerprint density at radius 3 is 1.69 bits per heavy atom. The van der Waals surface area contributed by atoms with E-state index in [0.29, 0.717) is 17.6 Å². The molecule has 6 nitrogen and oxygen atoms in total. The molecule has 0 atom stereocenters. The van der Waals surface area contributed by atoms with Crippen LogP contribution in [0.3, 0.4) is 0 Å². The van der Waals surface area contributed by atoms with Crippen LogP contribution in [-0.4, -0.2) is 24.1 Å². The number of rotatable bonds is 4. The lowest BCUT2D eigenvalue weighted by Gasteiger charge is -2.13. The Labute approximate surface area is 291 Å². The zero-order valence-corrected chi connectivity index (χ0v) is 27.2. The van der Waals surface area contributed by atoms with E-state index >= 15 is 0 Å². The van der Waals surface area contributed by atoms with Crippen molar-refractivity contribution < 1.29 is 4.42 Å². The van der Waals surface area contributed by atoms with Crippen LogP contribution in [0, 0.1) is 0 Å². The van der Waals surface area contributed by atoms with E-state index in [9.17, 15) is 0 Å². The van der Waals surface area contributed by atoms with E-state index in [1.807, 2.05) is 72.8 Å². The summed E-state index contributed by atoms with van der Waals surface area (Å²) in [6, 6.07) is 56.5. The summed E-state index contributed by atoms with van der Waals surface area (Å²) in [5, 5.41) is 6.57. The molecular formula is C45H27N5O. The van der Waals surface area contributed by atoms with Crippen LogP contribution in [0.1, 0.15) is 0 Å². The summed E-state index contributed by atoms with van der Waals surface area (Å²) in [6.45, 7) is 0. The first-order valence-corrected chi connectivity index (χ1v) is 17.0. The SMILES string of the molecule is c1ccc(-c2nc(-c3ccccc3)nc(-n3c4ccc5c6ccccc6oc5c4c4ccc5c6ccccc6n(-c6ccccc6)c5c43)n2)cc1.